The molecule has 4 rings (SSSR count). The largest absolute Gasteiger partial charge is 0.506 e. The molecule has 0 bridgehead atoms. The zero-order chi connectivity index (χ0) is 18.9. The van der Waals surface area contributed by atoms with Gasteiger partial charge in [-0.25, -0.2) is 0 Å². The molecular formula is C22H28N2O3. The minimum Gasteiger partial charge on any atom is -0.506 e. The van der Waals surface area contributed by atoms with E-state index in [-0.39, 0.29) is 5.75 Å². The van der Waals surface area contributed by atoms with Crippen LogP contribution in [0.5, 0.6) is 11.5 Å². The Balaban J connectivity index is 1.28. The van der Waals surface area contributed by atoms with E-state index in [1.165, 1.54) is 11.8 Å². The maximum Gasteiger partial charge on any atom is 0.133 e. The number of rotatable bonds is 6. The van der Waals surface area contributed by atoms with Gasteiger partial charge in [-0.1, -0.05) is 12.1 Å². The molecule has 2 N–H and O–H groups in total. The van der Waals surface area contributed by atoms with Crippen molar-refractivity contribution in [3.05, 3.63) is 53.9 Å². The molecule has 1 saturated carbocycles. The van der Waals surface area contributed by atoms with Crippen molar-refractivity contribution >= 4 is 0 Å². The molecule has 144 valence electrons. The van der Waals surface area contributed by atoms with Crippen LogP contribution in [-0.2, 0) is 12.8 Å². The smallest absolute Gasteiger partial charge is 0.133 e. The van der Waals surface area contributed by atoms with Gasteiger partial charge in [0.25, 0.3) is 0 Å². The van der Waals surface area contributed by atoms with Crippen LogP contribution < -0.4 is 4.74 Å². The lowest BCUT2D eigenvalue weighted by Crippen LogP contribution is -2.32. The molecule has 3 atom stereocenters. The van der Waals surface area contributed by atoms with Crippen LogP contribution in [0.2, 0.25) is 0 Å². The van der Waals surface area contributed by atoms with Crippen LogP contribution >= 0.6 is 0 Å². The lowest BCUT2D eigenvalue weighted by atomic mass is 9.91. The standard InChI is InChI=1S/C22H28N2O3/c1-27-21-6-2-16(3-7-21)10-22(26)11-17-14-24(15-18(17)12-22)9-8-19-4-5-20(25)13-23-19/h2-7,13,17-18,25-26H,8-12,14-15H2,1H3/t17-,18+,22-. The first-order chi connectivity index (χ1) is 13.0. The average molecular weight is 368 g/mol. The summed E-state index contributed by atoms with van der Waals surface area (Å²) >= 11 is 0. The summed E-state index contributed by atoms with van der Waals surface area (Å²) in [5, 5.41) is 20.4. The zero-order valence-corrected chi connectivity index (χ0v) is 15.8. The third kappa shape index (κ3) is 4.25. The summed E-state index contributed by atoms with van der Waals surface area (Å²) in [6, 6.07) is 11.6. The monoisotopic (exact) mass is 368 g/mol. The minimum atomic E-state index is -0.575. The van der Waals surface area contributed by atoms with Gasteiger partial charge in [-0.2, -0.15) is 0 Å². The molecule has 1 aliphatic heterocycles. The number of pyridine rings is 1. The van der Waals surface area contributed by atoms with E-state index in [1.54, 1.807) is 13.2 Å². The summed E-state index contributed by atoms with van der Waals surface area (Å²) in [5.41, 5.74) is 1.61. The Morgan fingerprint density at radius 2 is 1.81 bits per heavy atom. The topological polar surface area (TPSA) is 65.8 Å². The number of aliphatic hydroxyl groups is 1. The van der Waals surface area contributed by atoms with Crippen molar-refractivity contribution in [2.45, 2.75) is 31.3 Å². The number of aromatic nitrogens is 1. The highest BCUT2D eigenvalue weighted by molar-refractivity contribution is 5.28. The molecule has 0 amide bonds. The van der Waals surface area contributed by atoms with Gasteiger partial charge in [-0.3, -0.25) is 4.98 Å². The Morgan fingerprint density at radius 1 is 1.11 bits per heavy atom. The van der Waals surface area contributed by atoms with Crippen LogP contribution in [0.25, 0.3) is 0 Å². The van der Waals surface area contributed by atoms with Crippen molar-refractivity contribution in [3.63, 3.8) is 0 Å². The van der Waals surface area contributed by atoms with Gasteiger partial charge in [-0.15, -0.1) is 0 Å². The van der Waals surface area contributed by atoms with Crippen LogP contribution in [0, 0.1) is 11.8 Å². The van der Waals surface area contributed by atoms with Gasteiger partial charge in [0.05, 0.1) is 18.9 Å². The molecule has 5 heteroatoms. The van der Waals surface area contributed by atoms with E-state index >= 15 is 0 Å². The number of likely N-dealkylation sites (tertiary alicyclic amines) is 1. The van der Waals surface area contributed by atoms with Crippen LogP contribution in [0.15, 0.2) is 42.6 Å². The lowest BCUT2D eigenvalue weighted by Gasteiger charge is -2.26. The van der Waals surface area contributed by atoms with Gasteiger partial charge < -0.3 is 19.8 Å². The maximum atomic E-state index is 11.1. The van der Waals surface area contributed by atoms with Crippen molar-refractivity contribution in [2.24, 2.45) is 11.8 Å². The lowest BCUT2D eigenvalue weighted by molar-refractivity contribution is 0.0355. The van der Waals surface area contributed by atoms with E-state index in [0.29, 0.717) is 11.8 Å². The van der Waals surface area contributed by atoms with Crippen molar-refractivity contribution < 1.29 is 14.9 Å². The molecule has 1 aromatic carbocycles. The predicted octanol–water partition coefficient (Wildman–Crippen LogP) is 2.65. The second-order valence-corrected chi connectivity index (χ2v) is 8.19. The number of fused-ring (bicyclic) bond motifs is 1. The van der Waals surface area contributed by atoms with Gasteiger partial charge in [-0.05, 0) is 54.5 Å². The molecule has 1 saturated heterocycles. The maximum absolute atomic E-state index is 11.1. The van der Waals surface area contributed by atoms with Crippen molar-refractivity contribution in [3.8, 4) is 11.5 Å². The first-order valence-electron chi connectivity index (χ1n) is 9.74. The highest BCUT2D eigenvalue weighted by Gasteiger charge is 2.47. The molecule has 2 heterocycles. The van der Waals surface area contributed by atoms with Crippen LogP contribution in [-0.4, -0.2) is 52.4 Å². The second kappa shape index (κ2) is 7.49. The van der Waals surface area contributed by atoms with E-state index in [1.807, 2.05) is 18.2 Å². The molecule has 1 aromatic heterocycles. The summed E-state index contributed by atoms with van der Waals surface area (Å²) in [6.07, 6.45) is 4.90. The molecule has 0 unspecified atom stereocenters. The number of hydrogen-bond acceptors (Lipinski definition) is 5. The van der Waals surface area contributed by atoms with Crippen molar-refractivity contribution in [1.29, 1.82) is 0 Å². The fraction of sp³-hybridized carbons (Fsp3) is 0.500. The average Bonchev–Trinajstić information content (AvgIpc) is 3.16. The Labute approximate surface area is 160 Å². The second-order valence-electron chi connectivity index (χ2n) is 8.19. The van der Waals surface area contributed by atoms with Gasteiger partial charge in [0.15, 0.2) is 0 Å². The quantitative estimate of drug-likeness (QED) is 0.821. The van der Waals surface area contributed by atoms with Gasteiger partial charge in [0, 0.05) is 38.2 Å². The zero-order valence-electron chi connectivity index (χ0n) is 15.8. The first-order valence-corrected chi connectivity index (χ1v) is 9.74. The van der Waals surface area contributed by atoms with Crippen LogP contribution in [0.1, 0.15) is 24.1 Å². The number of nitrogens with zero attached hydrogens (tertiary/aromatic N) is 2. The Bertz CT molecular complexity index is 746. The molecule has 2 aliphatic rings. The molecule has 0 radical (unpaired) electrons. The Hall–Kier alpha value is -2.11. The normalized spacial score (nSPS) is 27.6. The van der Waals surface area contributed by atoms with E-state index in [2.05, 4.69) is 22.0 Å². The highest BCUT2D eigenvalue weighted by atomic mass is 16.5. The van der Waals surface area contributed by atoms with E-state index in [4.69, 9.17) is 4.74 Å². The molecule has 0 spiro atoms. The summed E-state index contributed by atoms with van der Waals surface area (Å²) in [4.78, 5) is 6.76. The number of aromatic hydroxyl groups is 1. The highest BCUT2D eigenvalue weighted by Crippen LogP contribution is 2.45. The minimum absolute atomic E-state index is 0.214. The third-order valence-electron chi connectivity index (χ3n) is 6.12. The van der Waals surface area contributed by atoms with Gasteiger partial charge in [0.1, 0.15) is 11.5 Å². The molecular weight excluding hydrogens is 340 g/mol. The number of hydrogen-bond donors (Lipinski definition) is 2. The Kier molecular flexibility index (Phi) is 5.06. The number of methoxy groups -OCH3 is 1. The van der Waals surface area contributed by atoms with Gasteiger partial charge >= 0.3 is 0 Å². The molecule has 2 aromatic rings. The van der Waals surface area contributed by atoms with E-state index < -0.39 is 5.60 Å². The van der Waals surface area contributed by atoms with Crippen molar-refractivity contribution in [2.75, 3.05) is 26.7 Å². The van der Waals surface area contributed by atoms with E-state index in [0.717, 1.165) is 56.8 Å². The van der Waals surface area contributed by atoms with Crippen LogP contribution in [0.3, 0.4) is 0 Å². The van der Waals surface area contributed by atoms with E-state index in [9.17, 15) is 10.2 Å². The fourth-order valence-electron chi connectivity index (χ4n) is 4.85. The third-order valence-corrected chi connectivity index (χ3v) is 6.12. The summed E-state index contributed by atoms with van der Waals surface area (Å²) in [5.74, 6) is 2.24. The molecule has 27 heavy (non-hydrogen) atoms. The predicted molar refractivity (Wildman–Crippen MR) is 104 cm³/mol. The van der Waals surface area contributed by atoms with Crippen LogP contribution in [0.4, 0.5) is 0 Å². The first kappa shape index (κ1) is 18.3. The molecule has 5 nitrogen and oxygen atoms in total. The number of benzene rings is 1. The summed E-state index contributed by atoms with van der Waals surface area (Å²) in [7, 11) is 1.67. The summed E-state index contributed by atoms with van der Waals surface area (Å²) < 4.78 is 5.21. The van der Waals surface area contributed by atoms with Crippen molar-refractivity contribution in [1.82, 2.24) is 9.88 Å². The SMILES string of the molecule is COc1ccc(C[C@]2(O)C[C@H]3CN(CCc4ccc(O)cn4)C[C@H]3C2)cc1. The molecule has 2 fully saturated rings. The number of ether oxygens (including phenoxy) is 1. The van der Waals surface area contributed by atoms with Gasteiger partial charge in [0.2, 0.25) is 0 Å². The fourth-order valence-corrected chi connectivity index (χ4v) is 4.85. The molecule has 1 aliphatic carbocycles. The summed E-state index contributed by atoms with van der Waals surface area (Å²) in [6.45, 7) is 3.11. The Morgan fingerprint density at radius 3 is 2.41 bits per heavy atom.